The zero-order valence-corrected chi connectivity index (χ0v) is 16.2. The highest BCUT2D eigenvalue weighted by Gasteiger charge is 2.20. The van der Waals surface area contributed by atoms with E-state index in [4.69, 9.17) is 19.4 Å². The Hall–Kier alpha value is -2.58. The minimum absolute atomic E-state index is 0.571. The van der Waals surface area contributed by atoms with Crippen LogP contribution in [0.4, 0.5) is 11.6 Å². The number of hydrogen-bond acceptors (Lipinski definition) is 7. The summed E-state index contributed by atoms with van der Waals surface area (Å²) in [5, 5.41) is 4.48. The summed E-state index contributed by atoms with van der Waals surface area (Å²) in [6.07, 6.45) is 0. The van der Waals surface area contributed by atoms with Crippen molar-refractivity contribution in [3.63, 3.8) is 0 Å². The van der Waals surface area contributed by atoms with Crippen molar-refractivity contribution in [3.05, 3.63) is 18.2 Å². The number of nitrogens with one attached hydrogen (secondary N) is 2. The van der Waals surface area contributed by atoms with Gasteiger partial charge in [0.2, 0.25) is 11.8 Å². The van der Waals surface area contributed by atoms with Crippen molar-refractivity contribution in [3.8, 4) is 5.88 Å². The normalized spacial score (nSPS) is 18.2. The number of rotatable bonds is 4. The number of fused-ring (bicyclic) bond motifs is 3. The molecule has 8 heteroatoms. The summed E-state index contributed by atoms with van der Waals surface area (Å²) in [7, 11) is 0. The van der Waals surface area contributed by atoms with Crippen LogP contribution in [-0.4, -0.2) is 74.0 Å². The Balaban J connectivity index is 1.60. The first-order chi connectivity index (χ1) is 13.8. The number of benzene rings is 1. The molecule has 0 unspecified atom stereocenters. The molecule has 0 atom stereocenters. The maximum Gasteiger partial charge on any atom is 0.243 e. The second-order valence-corrected chi connectivity index (χ2v) is 7.18. The first-order valence-corrected chi connectivity index (χ1v) is 10.1. The van der Waals surface area contributed by atoms with E-state index in [-0.39, 0.29) is 0 Å². The molecule has 28 heavy (non-hydrogen) atoms. The van der Waals surface area contributed by atoms with Crippen LogP contribution in [0.15, 0.2) is 18.2 Å². The Morgan fingerprint density at radius 3 is 2.68 bits per heavy atom. The highest BCUT2D eigenvalue weighted by Crippen LogP contribution is 2.33. The van der Waals surface area contributed by atoms with Crippen molar-refractivity contribution in [1.29, 1.82) is 0 Å². The molecule has 148 valence electrons. The number of nitrogens with zero attached hydrogens (tertiary/aromatic N) is 4. The molecule has 2 aromatic heterocycles. The topological polar surface area (TPSA) is 78.5 Å². The molecule has 8 nitrogen and oxygen atoms in total. The number of morpholine rings is 1. The standard InChI is InChI=1S/C20H26N6O2/c1-2-28-19-18-17(23-20(24-19)26-7-5-21-6-8-26)15-4-3-14(13-16(15)22-18)25-9-11-27-12-10-25/h3-4,13,21-22H,2,5-12H2,1H3. The van der Waals surface area contributed by atoms with Gasteiger partial charge >= 0.3 is 0 Å². The summed E-state index contributed by atoms with van der Waals surface area (Å²) in [6.45, 7) is 9.65. The predicted octanol–water partition coefficient (Wildman–Crippen LogP) is 1.76. The SMILES string of the molecule is CCOc1nc(N2CCNCC2)nc2c1[nH]c1cc(N3CCOCC3)ccc12. The third-order valence-corrected chi connectivity index (χ3v) is 5.44. The Bertz CT molecular complexity index is 976. The van der Waals surface area contributed by atoms with Crippen LogP contribution in [0.5, 0.6) is 5.88 Å². The maximum atomic E-state index is 5.88. The highest BCUT2D eigenvalue weighted by molar-refractivity contribution is 6.07. The number of piperazine rings is 1. The molecule has 0 aliphatic carbocycles. The smallest absolute Gasteiger partial charge is 0.243 e. The molecular weight excluding hydrogens is 356 g/mol. The monoisotopic (exact) mass is 382 g/mol. The van der Waals surface area contributed by atoms with E-state index in [9.17, 15) is 0 Å². The van der Waals surface area contributed by atoms with Crippen molar-refractivity contribution in [2.45, 2.75) is 6.92 Å². The van der Waals surface area contributed by atoms with Crippen LogP contribution in [0.1, 0.15) is 6.92 Å². The predicted molar refractivity (Wildman–Crippen MR) is 111 cm³/mol. The van der Waals surface area contributed by atoms with E-state index >= 15 is 0 Å². The summed E-state index contributed by atoms with van der Waals surface area (Å²) in [5.41, 5.74) is 4.06. The van der Waals surface area contributed by atoms with Gasteiger partial charge in [-0.05, 0) is 25.1 Å². The van der Waals surface area contributed by atoms with Crippen LogP contribution in [0.2, 0.25) is 0 Å². The lowest BCUT2D eigenvalue weighted by Gasteiger charge is -2.28. The summed E-state index contributed by atoms with van der Waals surface area (Å²) in [6, 6.07) is 6.53. The van der Waals surface area contributed by atoms with E-state index < -0.39 is 0 Å². The third-order valence-electron chi connectivity index (χ3n) is 5.44. The average molecular weight is 382 g/mol. The number of aromatic amines is 1. The van der Waals surface area contributed by atoms with Gasteiger partial charge in [0.25, 0.3) is 0 Å². The van der Waals surface area contributed by atoms with Crippen molar-refractivity contribution in [2.75, 3.05) is 68.9 Å². The van der Waals surface area contributed by atoms with Crippen molar-refractivity contribution >= 4 is 33.6 Å². The van der Waals surface area contributed by atoms with Gasteiger partial charge < -0.3 is 29.6 Å². The Labute approximate surface area is 163 Å². The molecule has 2 aliphatic rings. The lowest BCUT2D eigenvalue weighted by molar-refractivity contribution is 0.122. The summed E-state index contributed by atoms with van der Waals surface area (Å²) in [4.78, 5) is 17.7. The minimum Gasteiger partial charge on any atom is -0.476 e. The fourth-order valence-electron chi connectivity index (χ4n) is 3.98. The number of ether oxygens (including phenoxy) is 2. The van der Waals surface area contributed by atoms with Gasteiger partial charge in [0.05, 0.1) is 25.3 Å². The van der Waals surface area contributed by atoms with Gasteiger partial charge in [-0.3, -0.25) is 0 Å². The molecule has 0 bridgehead atoms. The number of aromatic nitrogens is 3. The van der Waals surface area contributed by atoms with Gasteiger partial charge in [-0.1, -0.05) is 0 Å². The van der Waals surface area contributed by atoms with Crippen LogP contribution in [-0.2, 0) is 4.74 Å². The molecule has 2 N–H and O–H groups in total. The van der Waals surface area contributed by atoms with Crippen LogP contribution in [0.25, 0.3) is 21.9 Å². The lowest BCUT2D eigenvalue weighted by atomic mass is 10.2. The number of anilines is 2. The Kier molecular flexibility index (Phi) is 4.66. The molecule has 5 rings (SSSR count). The molecular formula is C20H26N6O2. The second kappa shape index (κ2) is 7.44. The first kappa shape index (κ1) is 17.5. The minimum atomic E-state index is 0.571. The largest absolute Gasteiger partial charge is 0.476 e. The molecule has 0 spiro atoms. The lowest BCUT2D eigenvalue weighted by Crippen LogP contribution is -2.44. The fraction of sp³-hybridized carbons (Fsp3) is 0.500. The number of H-pyrrole nitrogens is 1. The van der Waals surface area contributed by atoms with Gasteiger partial charge in [-0.25, -0.2) is 4.98 Å². The zero-order valence-electron chi connectivity index (χ0n) is 16.2. The first-order valence-electron chi connectivity index (χ1n) is 10.1. The quantitative estimate of drug-likeness (QED) is 0.712. The molecule has 2 aliphatic heterocycles. The van der Waals surface area contributed by atoms with Gasteiger partial charge in [0.1, 0.15) is 11.0 Å². The van der Waals surface area contributed by atoms with E-state index in [0.717, 1.165) is 80.4 Å². The Morgan fingerprint density at radius 1 is 1.07 bits per heavy atom. The molecule has 2 saturated heterocycles. The Morgan fingerprint density at radius 2 is 1.89 bits per heavy atom. The second-order valence-electron chi connectivity index (χ2n) is 7.18. The molecule has 2 fully saturated rings. The molecule has 0 radical (unpaired) electrons. The molecule has 0 amide bonds. The van der Waals surface area contributed by atoms with Crippen molar-refractivity contribution in [1.82, 2.24) is 20.3 Å². The fourth-order valence-corrected chi connectivity index (χ4v) is 3.98. The number of hydrogen-bond donors (Lipinski definition) is 2. The summed E-state index contributed by atoms with van der Waals surface area (Å²) < 4.78 is 11.4. The van der Waals surface area contributed by atoms with Gasteiger partial charge in [-0.15, -0.1) is 0 Å². The van der Waals surface area contributed by atoms with E-state index in [1.807, 2.05) is 6.92 Å². The van der Waals surface area contributed by atoms with E-state index in [1.54, 1.807) is 0 Å². The van der Waals surface area contributed by atoms with Crippen molar-refractivity contribution in [2.24, 2.45) is 0 Å². The summed E-state index contributed by atoms with van der Waals surface area (Å²) in [5.74, 6) is 1.38. The van der Waals surface area contributed by atoms with E-state index in [2.05, 4.69) is 38.3 Å². The van der Waals surface area contributed by atoms with Crippen LogP contribution in [0, 0.1) is 0 Å². The van der Waals surface area contributed by atoms with E-state index in [1.165, 1.54) is 5.69 Å². The van der Waals surface area contributed by atoms with Crippen molar-refractivity contribution < 1.29 is 9.47 Å². The molecule has 0 saturated carbocycles. The van der Waals surface area contributed by atoms with Crippen LogP contribution in [0.3, 0.4) is 0 Å². The summed E-state index contributed by atoms with van der Waals surface area (Å²) >= 11 is 0. The van der Waals surface area contributed by atoms with Gasteiger partial charge in [0.15, 0.2) is 0 Å². The average Bonchev–Trinajstić information content (AvgIpc) is 3.13. The zero-order chi connectivity index (χ0) is 18.9. The molecule has 3 aromatic rings. The van der Waals surface area contributed by atoms with Crippen LogP contribution >= 0.6 is 0 Å². The van der Waals surface area contributed by atoms with Crippen LogP contribution < -0.4 is 19.9 Å². The van der Waals surface area contributed by atoms with Gasteiger partial charge in [-0.2, -0.15) is 4.98 Å². The van der Waals surface area contributed by atoms with E-state index in [0.29, 0.717) is 12.5 Å². The van der Waals surface area contributed by atoms with Gasteiger partial charge in [0, 0.05) is 50.3 Å². The highest BCUT2D eigenvalue weighted by atomic mass is 16.5. The maximum absolute atomic E-state index is 5.88. The molecule has 1 aromatic carbocycles. The third kappa shape index (κ3) is 3.12. The molecule has 4 heterocycles.